The molecule has 2 rings (SSSR count). The lowest BCUT2D eigenvalue weighted by molar-refractivity contribution is -0.149. The number of nitrogens with one attached hydrogen (secondary N) is 1. The van der Waals surface area contributed by atoms with Crippen molar-refractivity contribution in [3.63, 3.8) is 0 Å². The molecule has 1 atom stereocenters. The van der Waals surface area contributed by atoms with Gasteiger partial charge in [-0.3, -0.25) is 9.71 Å². The Bertz CT molecular complexity index is 1090. The Morgan fingerprint density at radius 2 is 1.81 bits per heavy atom. The van der Waals surface area contributed by atoms with Crippen molar-refractivity contribution in [2.75, 3.05) is 11.0 Å². The average molecular weight is 471 g/mol. The number of nitrogens with two attached hydrogens (primary N) is 1. The van der Waals surface area contributed by atoms with Crippen LogP contribution in [0, 0.1) is 5.92 Å². The van der Waals surface area contributed by atoms with E-state index in [4.69, 9.17) is 5.90 Å². The molecule has 1 heterocycles. The van der Waals surface area contributed by atoms with Gasteiger partial charge in [-0.05, 0) is 48.2 Å². The van der Waals surface area contributed by atoms with Crippen molar-refractivity contribution in [2.45, 2.75) is 37.8 Å². The van der Waals surface area contributed by atoms with E-state index in [2.05, 4.69) is 14.5 Å². The SMILES string of the molecule is CC(C)C[C@H](C(=O)ON)N(Cc1cccnc1)S(=O)(=O)c1ccc(NS(C)(=O)=O)cc1. The maximum atomic E-state index is 13.5. The first kappa shape index (κ1) is 24.7. The van der Waals surface area contributed by atoms with Gasteiger partial charge in [0.05, 0.1) is 11.2 Å². The van der Waals surface area contributed by atoms with Crippen LogP contribution in [0.15, 0.2) is 53.7 Å². The maximum absolute atomic E-state index is 13.5. The highest BCUT2D eigenvalue weighted by molar-refractivity contribution is 7.92. The smallest absolute Gasteiger partial charge is 0.342 e. The quantitative estimate of drug-likeness (QED) is 0.496. The van der Waals surface area contributed by atoms with Crippen LogP contribution in [0.5, 0.6) is 0 Å². The molecule has 0 fully saturated rings. The van der Waals surface area contributed by atoms with E-state index in [9.17, 15) is 21.6 Å². The van der Waals surface area contributed by atoms with Gasteiger partial charge in [0.1, 0.15) is 6.04 Å². The molecule has 0 saturated carbocycles. The van der Waals surface area contributed by atoms with Gasteiger partial charge in [0.2, 0.25) is 20.0 Å². The lowest BCUT2D eigenvalue weighted by Crippen LogP contribution is -2.46. The summed E-state index contributed by atoms with van der Waals surface area (Å²) in [7, 11) is -7.70. The second kappa shape index (κ2) is 10.2. The van der Waals surface area contributed by atoms with Crippen LogP contribution in [0.4, 0.5) is 5.69 Å². The molecule has 10 nitrogen and oxygen atoms in total. The molecule has 170 valence electrons. The Labute approximate surface area is 182 Å². The highest BCUT2D eigenvalue weighted by atomic mass is 32.2. The van der Waals surface area contributed by atoms with Crippen LogP contribution in [0.1, 0.15) is 25.8 Å². The molecule has 12 heteroatoms. The Kier molecular flexibility index (Phi) is 8.12. The van der Waals surface area contributed by atoms with Crippen molar-refractivity contribution < 1.29 is 26.5 Å². The van der Waals surface area contributed by atoms with Crippen molar-refractivity contribution in [3.8, 4) is 0 Å². The third-order valence-corrected chi connectivity index (χ3v) is 6.73. The van der Waals surface area contributed by atoms with Crippen molar-refractivity contribution in [2.24, 2.45) is 11.8 Å². The molecule has 0 aliphatic heterocycles. The van der Waals surface area contributed by atoms with Crippen molar-refractivity contribution in [1.82, 2.24) is 9.29 Å². The fraction of sp³-hybridized carbons (Fsp3) is 0.368. The zero-order valence-electron chi connectivity index (χ0n) is 17.4. The highest BCUT2D eigenvalue weighted by Gasteiger charge is 2.37. The van der Waals surface area contributed by atoms with Crippen molar-refractivity contribution in [3.05, 3.63) is 54.4 Å². The summed E-state index contributed by atoms with van der Waals surface area (Å²) in [5.74, 6) is 4.18. The van der Waals surface area contributed by atoms with Crippen LogP contribution >= 0.6 is 0 Å². The number of pyridine rings is 1. The molecule has 0 spiro atoms. The summed E-state index contributed by atoms with van der Waals surface area (Å²) in [6.07, 6.45) is 4.23. The number of hydrogen-bond donors (Lipinski definition) is 2. The molecule has 3 N–H and O–H groups in total. The van der Waals surface area contributed by atoms with Gasteiger partial charge in [-0.2, -0.15) is 10.2 Å². The molecule has 1 aromatic heterocycles. The van der Waals surface area contributed by atoms with Gasteiger partial charge in [0.15, 0.2) is 0 Å². The van der Waals surface area contributed by atoms with Gasteiger partial charge >= 0.3 is 5.97 Å². The molecule has 0 unspecified atom stereocenters. The first-order valence-corrected chi connectivity index (χ1v) is 12.7. The molecular weight excluding hydrogens is 444 g/mol. The molecule has 0 radical (unpaired) electrons. The van der Waals surface area contributed by atoms with Crippen molar-refractivity contribution >= 4 is 31.7 Å². The van der Waals surface area contributed by atoms with Crippen LogP contribution in [-0.2, 0) is 36.2 Å². The first-order valence-electron chi connectivity index (χ1n) is 9.33. The third-order valence-electron chi connectivity index (χ3n) is 4.26. The molecular formula is C19H26N4O6S2. The number of sulfonamides is 2. The van der Waals surface area contributed by atoms with Crippen LogP contribution < -0.4 is 10.6 Å². The number of benzene rings is 1. The number of carbonyl (C=O) groups excluding carboxylic acids is 1. The largest absolute Gasteiger partial charge is 0.372 e. The molecule has 0 saturated heterocycles. The summed E-state index contributed by atoms with van der Waals surface area (Å²) in [5.41, 5.74) is 0.778. The van der Waals surface area contributed by atoms with Crippen LogP contribution in [0.2, 0.25) is 0 Å². The van der Waals surface area contributed by atoms with E-state index in [0.717, 1.165) is 10.6 Å². The van der Waals surface area contributed by atoms with Gasteiger partial charge in [0.25, 0.3) is 0 Å². The Balaban J connectivity index is 2.50. The summed E-state index contributed by atoms with van der Waals surface area (Å²) >= 11 is 0. The molecule has 31 heavy (non-hydrogen) atoms. The predicted molar refractivity (Wildman–Crippen MR) is 115 cm³/mol. The minimum atomic E-state index is -4.19. The van der Waals surface area contributed by atoms with Crippen LogP contribution in [0.25, 0.3) is 0 Å². The first-order chi connectivity index (χ1) is 14.4. The Hall–Kier alpha value is -2.54. The summed E-state index contributed by atoms with van der Waals surface area (Å²) < 4.78 is 53.1. The van der Waals surface area contributed by atoms with Crippen molar-refractivity contribution in [1.29, 1.82) is 0 Å². The lowest BCUT2D eigenvalue weighted by Gasteiger charge is -2.30. The summed E-state index contributed by atoms with van der Waals surface area (Å²) in [4.78, 5) is 20.7. The van der Waals surface area contributed by atoms with Gasteiger partial charge < -0.3 is 4.84 Å². The van der Waals surface area contributed by atoms with Gasteiger partial charge in [-0.15, -0.1) is 0 Å². The van der Waals surface area contributed by atoms with Gasteiger partial charge in [-0.25, -0.2) is 21.6 Å². The normalized spacial score (nSPS) is 13.2. The van der Waals surface area contributed by atoms with E-state index >= 15 is 0 Å². The molecule has 0 aliphatic carbocycles. The third kappa shape index (κ3) is 6.99. The van der Waals surface area contributed by atoms with Gasteiger partial charge in [0, 0.05) is 24.6 Å². The van der Waals surface area contributed by atoms with E-state index < -0.39 is 32.1 Å². The fourth-order valence-electron chi connectivity index (χ4n) is 2.94. The summed E-state index contributed by atoms with van der Waals surface area (Å²) in [6.45, 7) is 3.56. The zero-order valence-corrected chi connectivity index (χ0v) is 19.1. The predicted octanol–water partition coefficient (Wildman–Crippen LogP) is 1.48. The maximum Gasteiger partial charge on any atom is 0.342 e. The minimum absolute atomic E-state index is 0.0305. The Morgan fingerprint density at radius 1 is 1.16 bits per heavy atom. The van der Waals surface area contributed by atoms with Gasteiger partial charge in [-0.1, -0.05) is 19.9 Å². The second-order valence-electron chi connectivity index (χ2n) is 7.39. The van der Waals surface area contributed by atoms with E-state index in [1.54, 1.807) is 18.3 Å². The molecule has 2 aromatic rings. The van der Waals surface area contributed by atoms with E-state index in [1.165, 1.54) is 30.5 Å². The number of carbonyl (C=O) groups is 1. The average Bonchev–Trinajstić information content (AvgIpc) is 2.69. The molecule has 0 bridgehead atoms. The van der Waals surface area contributed by atoms with E-state index in [-0.39, 0.29) is 29.5 Å². The lowest BCUT2D eigenvalue weighted by atomic mass is 10.0. The zero-order chi connectivity index (χ0) is 23.2. The van der Waals surface area contributed by atoms with E-state index in [1.807, 2.05) is 13.8 Å². The monoisotopic (exact) mass is 470 g/mol. The highest BCUT2D eigenvalue weighted by Crippen LogP contribution is 2.26. The number of aromatic nitrogens is 1. The number of anilines is 1. The number of hydrogen-bond acceptors (Lipinski definition) is 8. The molecule has 1 aromatic carbocycles. The second-order valence-corrected chi connectivity index (χ2v) is 11.0. The van der Waals surface area contributed by atoms with E-state index in [0.29, 0.717) is 5.56 Å². The summed E-state index contributed by atoms with van der Waals surface area (Å²) in [6, 6.07) is 7.37. The summed E-state index contributed by atoms with van der Waals surface area (Å²) in [5, 5.41) is 0. The minimum Gasteiger partial charge on any atom is -0.372 e. The molecule has 0 amide bonds. The topological polar surface area (TPSA) is 149 Å². The number of nitrogens with zero attached hydrogens (tertiary/aromatic N) is 2. The van der Waals surface area contributed by atoms with Crippen LogP contribution in [-0.4, -0.2) is 44.4 Å². The fourth-order valence-corrected chi connectivity index (χ4v) is 5.08. The Morgan fingerprint density at radius 3 is 2.29 bits per heavy atom. The molecule has 0 aliphatic rings. The van der Waals surface area contributed by atoms with Crippen LogP contribution in [0.3, 0.4) is 0 Å². The standard InChI is InChI=1S/C19H26N4O6S2/c1-14(2)11-18(19(24)29-20)23(13-15-5-4-10-21-12-15)31(27,28)17-8-6-16(7-9-17)22-30(3,25)26/h4-10,12,14,18,22H,11,13,20H2,1-3H3/t18-/m1/s1. The number of rotatable bonds is 10.